The Morgan fingerprint density at radius 3 is 2.70 bits per heavy atom. The highest BCUT2D eigenvalue weighted by molar-refractivity contribution is 5.93. The summed E-state index contributed by atoms with van der Waals surface area (Å²) in [6.45, 7) is 11.7. The first-order chi connectivity index (χ1) is 16.0. The van der Waals surface area contributed by atoms with Gasteiger partial charge < -0.3 is 9.55 Å². The van der Waals surface area contributed by atoms with Gasteiger partial charge in [-0.25, -0.2) is 9.97 Å². The maximum atomic E-state index is 4.93. The summed E-state index contributed by atoms with van der Waals surface area (Å²) in [5.41, 5.74) is 7.12. The molecule has 0 amide bonds. The molecule has 0 aliphatic rings. The fourth-order valence-corrected chi connectivity index (χ4v) is 3.61. The standard InChI is InChI=1S/C26H27N7/c1-6-9-11-19(8-3)21-13-20-22(14-27-21)31-32-25(20)26-29-18(5)24(30-26)23(12-10-7-2)33-15-17(4)28-16-33/h6-16H,1H2,2-5H3,(H,29,30)(H,31,32)/b10-7-,11-9-,19-8+,23-12+. The van der Waals surface area contributed by atoms with Crippen molar-refractivity contribution in [3.8, 4) is 11.5 Å². The van der Waals surface area contributed by atoms with Crippen LogP contribution in [0.15, 0.2) is 73.9 Å². The number of pyridine rings is 1. The molecule has 166 valence electrons. The number of hydrogen-bond acceptors (Lipinski definition) is 4. The van der Waals surface area contributed by atoms with Crippen LogP contribution in [0.3, 0.4) is 0 Å². The van der Waals surface area contributed by atoms with Crippen LogP contribution in [-0.4, -0.2) is 34.7 Å². The fraction of sp³-hybridized carbons (Fsp3) is 0.154. The summed E-state index contributed by atoms with van der Waals surface area (Å²) in [5.74, 6) is 0.692. The van der Waals surface area contributed by atoms with Crippen LogP contribution in [-0.2, 0) is 0 Å². The lowest BCUT2D eigenvalue weighted by Gasteiger charge is -2.06. The minimum absolute atomic E-state index is 0.692. The quantitative estimate of drug-likeness (QED) is 0.359. The first kappa shape index (κ1) is 22.0. The van der Waals surface area contributed by atoms with Crippen molar-refractivity contribution in [1.29, 1.82) is 0 Å². The predicted molar refractivity (Wildman–Crippen MR) is 134 cm³/mol. The van der Waals surface area contributed by atoms with E-state index >= 15 is 0 Å². The monoisotopic (exact) mass is 437 g/mol. The van der Waals surface area contributed by atoms with Crippen LogP contribution in [0.2, 0.25) is 0 Å². The predicted octanol–water partition coefficient (Wildman–Crippen LogP) is 5.77. The van der Waals surface area contributed by atoms with Gasteiger partial charge in [0.15, 0.2) is 5.82 Å². The Balaban J connectivity index is 1.81. The Kier molecular flexibility index (Phi) is 6.31. The Morgan fingerprint density at radius 1 is 1.15 bits per heavy atom. The average Bonchev–Trinajstić information content (AvgIpc) is 3.53. The molecule has 0 aliphatic heterocycles. The summed E-state index contributed by atoms with van der Waals surface area (Å²) in [6.07, 6.45) is 19.3. The molecule has 0 fully saturated rings. The third kappa shape index (κ3) is 4.39. The summed E-state index contributed by atoms with van der Waals surface area (Å²) in [5, 5.41) is 8.56. The first-order valence-electron chi connectivity index (χ1n) is 10.8. The van der Waals surface area contributed by atoms with Crippen LogP contribution in [0.5, 0.6) is 0 Å². The molecule has 0 saturated heterocycles. The third-order valence-corrected chi connectivity index (χ3v) is 5.25. The summed E-state index contributed by atoms with van der Waals surface area (Å²) < 4.78 is 1.98. The van der Waals surface area contributed by atoms with Gasteiger partial charge in [-0.1, -0.05) is 43.0 Å². The Morgan fingerprint density at radius 2 is 2.00 bits per heavy atom. The smallest absolute Gasteiger partial charge is 0.159 e. The topological polar surface area (TPSA) is 88.1 Å². The maximum absolute atomic E-state index is 4.93. The van der Waals surface area contributed by atoms with Crippen LogP contribution in [0.1, 0.15) is 36.6 Å². The summed E-state index contributed by atoms with van der Waals surface area (Å²) in [4.78, 5) is 17.3. The highest BCUT2D eigenvalue weighted by atomic mass is 15.1. The van der Waals surface area contributed by atoms with E-state index in [1.807, 2.05) is 81.0 Å². The number of aryl methyl sites for hydroxylation is 2. The number of imidazole rings is 2. The lowest BCUT2D eigenvalue weighted by Crippen LogP contribution is -1.98. The van der Waals surface area contributed by atoms with Gasteiger partial charge in [0.05, 0.1) is 35.1 Å². The second-order valence-electron chi connectivity index (χ2n) is 7.59. The molecule has 4 rings (SSSR count). The van der Waals surface area contributed by atoms with Gasteiger partial charge in [-0.15, -0.1) is 0 Å². The number of hydrogen-bond donors (Lipinski definition) is 2. The number of nitrogens with one attached hydrogen (secondary N) is 2. The molecule has 7 nitrogen and oxygen atoms in total. The minimum Gasteiger partial charge on any atom is -0.340 e. The Hall–Kier alpha value is -4.26. The zero-order valence-corrected chi connectivity index (χ0v) is 19.3. The van der Waals surface area contributed by atoms with E-state index in [-0.39, 0.29) is 0 Å². The highest BCUT2D eigenvalue weighted by Crippen LogP contribution is 2.29. The molecule has 0 radical (unpaired) electrons. The average molecular weight is 438 g/mol. The van der Waals surface area contributed by atoms with Crippen molar-refractivity contribution < 1.29 is 0 Å². The van der Waals surface area contributed by atoms with Gasteiger partial charge in [-0.3, -0.25) is 10.1 Å². The zero-order valence-electron chi connectivity index (χ0n) is 19.3. The molecule has 0 spiro atoms. The minimum atomic E-state index is 0.692. The van der Waals surface area contributed by atoms with Crippen molar-refractivity contribution in [3.05, 3.63) is 96.7 Å². The number of fused-ring (bicyclic) bond motifs is 1. The molecule has 0 bridgehead atoms. The summed E-state index contributed by atoms with van der Waals surface area (Å²) in [7, 11) is 0. The van der Waals surface area contributed by atoms with Gasteiger partial charge in [0.2, 0.25) is 0 Å². The number of H-pyrrole nitrogens is 2. The maximum Gasteiger partial charge on any atom is 0.159 e. The highest BCUT2D eigenvalue weighted by Gasteiger charge is 2.18. The molecule has 4 heterocycles. The van der Waals surface area contributed by atoms with E-state index in [1.54, 1.807) is 18.6 Å². The van der Waals surface area contributed by atoms with Crippen LogP contribution >= 0.6 is 0 Å². The van der Waals surface area contributed by atoms with E-state index < -0.39 is 0 Å². The normalized spacial score (nSPS) is 13.1. The lowest BCUT2D eigenvalue weighted by molar-refractivity contribution is 1.06. The molecule has 0 aliphatic carbocycles. The molecule has 33 heavy (non-hydrogen) atoms. The molecular weight excluding hydrogens is 410 g/mol. The first-order valence-corrected chi connectivity index (χ1v) is 10.8. The third-order valence-electron chi connectivity index (χ3n) is 5.25. The van der Waals surface area contributed by atoms with Crippen molar-refractivity contribution in [2.75, 3.05) is 0 Å². The van der Waals surface area contributed by atoms with Crippen LogP contribution in [0.25, 0.3) is 33.7 Å². The van der Waals surface area contributed by atoms with Crippen molar-refractivity contribution >= 4 is 22.2 Å². The second kappa shape index (κ2) is 9.48. The number of aromatic nitrogens is 7. The molecule has 4 aromatic heterocycles. The van der Waals surface area contributed by atoms with Crippen molar-refractivity contribution in [1.82, 2.24) is 34.7 Å². The fourth-order valence-electron chi connectivity index (χ4n) is 3.61. The lowest BCUT2D eigenvalue weighted by atomic mass is 10.1. The molecule has 0 atom stereocenters. The molecule has 2 N–H and O–H groups in total. The number of aromatic amines is 2. The summed E-state index contributed by atoms with van der Waals surface area (Å²) >= 11 is 0. The van der Waals surface area contributed by atoms with Gasteiger partial charge in [-0.05, 0) is 45.4 Å². The largest absolute Gasteiger partial charge is 0.340 e. The SMILES string of the molecule is C=C/C=C\C(=C/C)c1cc2c(-c3nc(/C(=C\C=C/C)n4cnc(C)c4)c(C)[nH]3)n[nH]c2cn1. The molecule has 0 saturated carbocycles. The number of nitrogens with zero attached hydrogens (tertiary/aromatic N) is 5. The Bertz CT molecular complexity index is 1420. The van der Waals surface area contributed by atoms with Gasteiger partial charge in [0.25, 0.3) is 0 Å². The molecule has 7 heteroatoms. The van der Waals surface area contributed by atoms with E-state index in [0.717, 1.165) is 50.6 Å². The van der Waals surface area contributed by atoms with E-state index in [9.17, 15) is 0 Å². The second-order valence-corrected chi connectivity index (χ2v) is 7.59. The molecule has 0 unspecified atom stereocenters. The molecule has 0 aromatic carbocycles. The van der Waals surface area contributed by atoms with Crippen LogP contribution in [0, 0.1) is 13.8 Å². The van der Waals surface area contributed by atoms with E-state index in [2.05, 4.69) is 31.7 Å². The van der Waals surface area contributed by atoms with Gasteiger partial charge in [0.1, 0.15) is 11.4 Å². The summed E-state index contributed by atoms with van der Waals surface area (Å²) in [6, 6.07) is 2.03. The molecular formula is C26H27N7. The van der Waals surface area contributed by atoms with Gasteiger partial charge in [-0.2, -0.15) is 5.10 Å². The van der Waals surface area contributed by atoms with E-state index in [1.165, 1.54) is 0 Å². The van der Waals surface area contributed by atoms with Crippen molar-refractivity contribution in [3.63, 3.8) is 0 Å². The van der Waals surface area contributed by atoms with Gasteiger partial charge >= 0.3 is 0 Å². The van der Waals surface area contributed by atoms with E-state index in [4.69, 9.17) is 4.98 Å². The molecule has 4 aromatic rings. The van der Waals surface area contributed by atoms with Crippen molar-refractivity contribution in [2.24, 2.45) is 0 Å². The van der Waals surface area contributed by atoms with Crippen LogP contribution in [0.4, 0.5) is 0 Å². The zero-order chi connectivity index (χ0) is 23.4. The number of rotatable bonds is 7. The Labute approximate surface area is 193 Å². The van der Waals surface area contributed by atoms with Gasteiger partial charge in [0, 0.05) is 17.3 Å². The number of allylic oxidation sites excluding steroid dienone is 8. The van der Waals surface area contributed by atoms with Crippen LogP contribution < -0.4 is 0 Å². The van der Waals surface area contributed by atoms with Crippen molar-refractivity contribution in [2.45, 2.75) is 27.7 Å². The van der Waals surface area contributed by atoms with E-state index in [0.29, 0.717) is 5.82 Å².